The van der Waals surface area contributed by atoms with Crippen molar-refractivity contribution in [2.45, 2.75) is 12.8 Å². The molecule has 90 valence electrons. The lowest BCUT2D eigenvalue weighted by molar-refractivity contribution is 0.375. The normalized spacial score (nSPS) is 10.7. The summed E-state index contributed by atoms with van der Waals surface area (Å²) in [5.74, 6) is 1.05. The Morgan fingerprint density at radius 2 is 2.35 bits per heavy atom. The van der Waals surface area contributed by atoms with Crippen molar-refractivity contribution in [3.8, 4) is 11.5 Å². The molecule has 0 radical (unpaired) electrons. The average molecular weight is 253 g/mol. The van der Waals surface area contributed by atoms with Crippen LogP contribution in [0, 0.1) is 0 Å². The van der Waals surface area contributed by atoms with Gasteiger partial charge < -0.3 is 9.84 Å². The fraction of sp³-hybridized carbons (Fsp3) is 0.364. The van der Waals surface area contributed by atoms with Gasteiger partial charge in [0, 0.05) is 12.6 Å². The molecule has 0 fully saturated rings. The summed E-state index contributed by atoms with van der Waals surface area (Å²) in [6.45, 7) is 0.919. The molecule has 0 atom stereocenters. The van der Waals surface area contributed by atoms with Crippen molar-refractivity contribution in [2.75, 3.05) is 13.6 Å². The molecule has 2 aromatic heterocycles. The molecule has 0 bridgehead atoms. The Balaban J connectivity index is 2.10. The van der Waals surface area contributed by atoms with Crippen LogP contribution in [0.4, 0.5) is 0 Å². The average Bonchev–Trinajstić information content (AvgIpc) is 2.79. The minimum absolute atomic E-state index is 0.440. The Morgan fingerprint density at radius 3 is 3.12 bits per heavy atom. The number of hydrogen-bond acceptors (Lipinski definition) is 5. The lowest BCUT2D eigenvalue weighted by Gasteiger charge is -1.95. The topological polar surface area (TPSA) is 63.8 Å². The fourth-order valence-corrected chi connectivity index (χ4v) is 1.63. The predicted octanol–water partition coefficient (Wildman–Crippen LogP) is 1.94. The number of pyridine rings is 1. The highest BCUT2D eigenvalue weighted by atomic mass is 35.5. The van der Waals surface area contributed by atoms with Crippen molar-refractivity contribution < 1.29 is 4.52 Å². The number of halogens is 1. The Hall–Kier alpha value is -1.46. The van der Waals surface area contributed by atoms with E-state index in [4.69, 9.17) is 16.1 Å². The van der Waals surface area contributed by atoms with Gasteiger partial charge in [0.15, 0.2) is 0 Å². The van der Waals surface area contributed by atoms with Gasteiger partial charge in [0.05, 0.1) is 5.02 Å². The molecule has 2 aromatic rings. The lowest BCUT2D eigenvalue weighted by Crippen LogP contribution is -2.08. The molecule has 0 aliphatic rings. The third kappa shape index (κ3) is 3.01. The van der Waals surface area contributed by atoms with Crippen molar-refractivity contribution in [1.29, 1.82) is 0 Å². The lowest BCUT2D eigenvalue weighted by atomic mass is 10.3. The number of nitrogens with one attached hydrogen (secondary N) is 1. The smallest absolute Gasteiger partial charge is 0.227 e. The van der Waals surface area contributed by atoms with Crippen LogP contribution in [0.15, 0.2) is 22.9 Å². The summed E-state index contributed by atoms with van der Waals surface area (Å²) in [6, 6.07) is 3.51. The molecule has 0 amide bonds. The van der Waals surface area contributed by atoms with Gasteiger partial charge in [-0.1, -0.05) is 16.8 Å². The van der Waals surface area contributed by atoms with Gasteiger partial charge >= 0.3 is 0 Å². The van der Waals surface area contributed by atoms with E-state index in [9.17, 15) is 0 Å². The molecule has 0 aromatic carbocycles. The molecule has 6 heteroatoms. The van der Waals surface area contributed by atoms with Gasteiger partial charge in [-0.15, -0.1) is 0 Å². The zero-order valence-electron chi connectivity index (χ0n) is 9.48. The summed E-state index contributed by atoms with van der Waals surface area (Å²) in [4.78, 5) is 8.39. The van der Waals surface area contributed by atoms with E-state index in [-0.39, 0.29) is 0 Å². The van der Waals surface area contributed by atoms with Gasteiger partial charge in [0.25, 0.3) is 0 Å². The van der Waals surface area contributed by atoms with Gasteiger partial charge in [-0.05, 0) is 32.1 Å². The number of rotatable bonds is 5. The molecule has 0 aliphatic carbocycles. The van der Waals surface area contributed by atoms with Crippen LogP contribution in [0.25, 0.3) is 11.5 Å². The van der Waals surface area contributed by atoms with Gasteiger partial charge in [-0.3, -0.25) is 4.98 Å². The van der Waals surface area contributed by atoms with E-state index in [1.807, 2.05) is 7.05 Å². The minimum Gasteiger partial charge on any atom is -0.339 e. The van der Waals surface area contributed by atoms with E-state index in [0.29, 0.717) is 22.4 Å². The number of aryl methyl sites for hydroxylation is 1. The summed E-state index contributed by atoms with van der Waals surface area (Å²) in [5.41, 5.74) is 0.554. The van der Waals surface area contributed by atoms with Crippen LogP contribution in [0.3, 0.4) is 0 Å². The van der Waals surface area contributed by atoms with E-state index >= 15 is 0 Å². The molecule has 0 unspecified atom stereocenters. The Morgan fingerprint density at radius 1 is 1.47 bits per heavy atom. The SMILES string of the molecule is CNCCCc1nc(-c2ncccc2Cl)no1. The Kier molecular flexibility index (Phi) is 4.06. The van der Waals surface area contributed by atoms with Crippen molar-refractivity contribution in [3.63, 3.8) is 0 Å². The van der Waals surface area contributed by atoms with E-state index in [1.54, 1.807) is 18.3 Å². The van der Waals surface area contributed by atoms with Gasteiger partial charge in [0.1, 0.15) is 5.69 Å². The molecule has 17 heavy (non-hydrogen) atoms. The molecule has 5 nitrogen and oxygen atoms in total. The van der Waals surface area contributed by atoms with Crippen molar-refractivity contribution in [1.82, 2.24) is 20.4 Å². The molecule has 1 N–H and O–H groups in total. The number of hydrogen-bond donors (Lipinski definition) is 1. The second-order valence-corrected chi connectivity index (χ2v) is 3.96. The first-order valence-corrected chi connectivity index (χ1v) is 5.77. The standard InChI is InChI=1S/C11H13ClN4O/c1-13-6-3-5-9-15-11(16-17-9)10-8(12)4-2-7-14-10/h2,4,7,13H,3,5-6H2,1H3. The highest BCUT2D eigenvalue weighted by molar-refractivity contribution is 6.32. The molecule has 2 heterocycles. The quantitative estimate of drug-likeness (QED) is 0.824. The minimum atomic E-state index is 0.440. The van der Waals surface area contributed by atoms with Gasteiger partial charge in [-0.2, -0.15) is 4.98 Å². The van der Waals surface area contributed by atoms with E-state index in [2.05, 4.69) is 20.4 Å². The molecule has 2 rings (SSSR count). The van der Waals surface area contributed by atoms with E-state index in [1.165, 1.54) is 0 Å². The first-order chi connectivity index (χ1) is 8.31. The predicted molar refractivity (Wildman–Crippen MR) is 64.8 cm³/mol. The van der Waals surface area contributed by atoms with Crippen LogP contribution in [0.2, 0.25) is 5.02 Å². The fourth-order valence-electron chi connectivity index (χ4n) is 1.42. The van der Waals surface area contributed by atoms with Crippen LogP contribution in [0.1, 0.15) is 12.3 Å². The van der Waals surface area contributed by atoms with E-state index < -0.39 is 0 Å². The van der Waals surface area contributed by atoms with Crippen molar-refractivity contribution in [2.24, 2.45) is 0 Å². The Bertz CT molecular complexity index is 486. The Labute approximate surface area is 104 Å². The first kappa shape index (κ1) is 12.0. The molecule has 0 saturated carbocycles. The van der Waals surface area contributed by atoms with Crippen molar-refractivity contribution >= 4 is 11.6 Å². The largest absolute Gasteiger partial charge is 0.339 e. The summed E-state index contributed by atoms with van der Waals surface area (Å²) < 4.78 is 5.13. The van der Waals surface area contributed by atoms with Crippen LogP contribution < -0.4 is 5.32 Å². The second-order valence-electron chi connectivity index (χ2n) is 3.55. The highest BCUT2D eigenvalue weighted by Crippen LogP contribution is 2.22. The molecule has 0 saturated heterocycles. The highest BCUT2D eigenvalue weighted by Gasteiger charge is 2.12. The zero-order valence-corrected chi connectivity index (χ0v) is 10.2. The maximum absolute atomic E-state index is 6.00. The molecule has 0 spiro atoms. The van der Waals surface area contributed by atoms with Gasteiger partial charge in [0.2, 0.25) is 11.7 Å². The molecule has 0 aliphatic heterocycles. The first-order valence-electron chi connectivity index (χ1n) is 5.39. The summed E-state index contributed by atoms with van der Waals surface area (Å²) in [5, 5.41) is 7.46. The van der Waals surface area contributed by atoms with Crippen LogP contribution in [-0.2, 0) is 6.42 Å². The summed E-state index contributed by atoms with van der Waals surface area (Å²) in [6.07, 6.45) is 3.35. The third-order valence-corrected chi connectivity index (χ3v) is 2.56. The molecular formula is C11H13ClN4O. The summed E-state index contributed by atoms with van der Waals surface area (Å²) >= 11 is 6.00. The third-order valence-electron chi connectivity index (χ3n) is 2.26. The van der Waals surface area contributed by atoms with Crippen LogP contribution in [-0.4, -0.2) is 28.7 Å². The number of aromatic nitrogens is 3. The molecular weight excluding hydrogens is 240 g/mol. The zero-order chi connectivity index (χ0) is 12.1. The second kappa shape index (κ2) is 5.75. The van der Waals surface area contributed by atoms with Crippen LogP contribution in [0.5, 0.6) is 0 Å². The monoisotopic (exact) mass is 252 g/mol. The van der Waals surface area contributed by atoms with Crippen molar-refractivity contribution in [3.05, 3.63) is 29.2 Å². The summed E-state index contributed by atoms with van der Waals surface area (Å²) in [7, 11) is 1.91. The van der Waals surface area contributed by atoms with Crippen LogP contribution >= 0.6 is 11.6 Å². The van der Waals surface area contributed by atoms with E-state index in [0.717, 1.165) is 19.4 Å². The maximum atomic E-state index is 6.00. The van der Waals surface area contributed by atoms with Gasteiger partial charge in [-0.25, -0.2) is 0 Å². The maximum Gasteiger partial charge on any atom is 0.227 e. The number of nitrogens with zero attached hydrogens (tertiary/aromatic N) is 3.